The van der Waals surface area contributed by atoms with Gasteiger partial charge in [0.15, 0.2) is 0 Å². The first-order chi connectivity index (χ1) is 16.3. The Hall–Kier alpha value is -0.370. The number of carbonyl (C=O) groups is 1. The summed E-state index contributed by atoms with van der Waals surface area (Å²) in [4.78, 5) is 12.7. The molecule has 2 atom stereocenters. The van der Waals surface area contributed by atoms with Crippen LogP contribution in [0.1, 0.15) is 58.4 Å². The molecule has 0 bridgehead atoms. The van der Waals surface area contributed by atoms with Gasteiger partial charge < -0.3 is 9.47 Å². The number of thioether (sulfide) groups is 4. The second-order valence-electron chi connectivity index (χ2n) is 9.83. The molecule has 0 N–H and O–H groups in total. The second-order valence-corrected chi connectivity index (χ2v) is 15.5. The van der Waals surface area contributed by atoms with Crippen molar-refractivity contribution < 1.29 is 14.3 Å². The van der Waals surface area contributed by atoms with E-state index in [4.69, 9.17) is 9.47 Å². The third kappa shape index (κ3) is 8.63. The van der Waals surface area contributed by atoms with Gasteiger partial charge in [-0.05, 0) is 82.4 Å². The van der Waals surface area contributed by atoms with Gasteiger partial charge in [-0.25, -0.2) is 0 Å². The van der Waals surface area contributed by atoms with E-state index in [1.165, 1.54) is 35.7 Å². The highest BCUT2D eigenvalue weighted by Crippen LogP contribution is 2.55. The lowest BCUT2D eigenvalue weighted by atomic mass is 9.97. The summed E-state index contributed by atoms with van der Waals surface area (Å²) in [5.74, 6) is 6.85. The average molecular weight is 541 g/mol. The Kier molecular flexibility index (Phi) is 11.5. The van der Waals surface area contributed by atoms with E-state index >= 15 is 0 Å². The lowest BCUT2D eigenvalue weighted by Crippen LogP contribution is -2.28. The molecule has 2 aliphatic rings. The molecule has 1 aromatic rings. The van der Waals surface area contributed by atoms with Crippen molar-refractivity contribution in [2.24, 2.45) is 5.41 Å². The zero-order valence-corrected chi connectivity index (χ0v) is 24.3. The van der Waals surface area contributed by atoms with Crippen LogP contribution in [0.3, 0.4) is 0 Å². The van der Waals surface area contributed by atoms with Crippen LogP contribution in [0.4, 0.5) is 0 Å². The number of ether oxygens (including phenoxy) is 2. The number of esters is 1. The van der Waals surface area contributed by atoms with Gasteiger partial charge in [0.2, 0.25) is 0 Å². The Balaban J connectivity index is 1.68. The number of allylic oxidation sites excluding steroid dienone is 1. The van der Waals surface area contributed by atoms with Gasteiger partial charge in [-0.3, -0.25) is 4.79 Å². The molecule has 2 heterocycles. The maximum Gasteiger partial charge on any atom is 0.311 e. The van der Waals surface area contributed by atoms with Crippen LogP contribution in [0.15, 0.2) is 36.4 Å². The van der Waals surface area contributed by atoms with Crippen LogP contribution in [-0.4, -0.2) is 53.2 Å². The monoisotopic (exact) mass is 540 g/mol. The molecular weight excluding hydrogens is 501 g/mol. The van der Waals surface area contributed by atoms with Crippen LogP contribution in [-0.2, 0) is 13.6 Å². The van der Waals surface area contributed by atoms with E-state index in [1.54, 1.807) is 7.11 Å². The molecule has 0 spiro atoms. The van der Waals surface area contributed by atoms with Gasteiger partial charge in [0.1, 0.15) is 11.9 Å². The summed E-state index contributed by atoms with van der Waals surface area (Å²) in [6, 6.07) is 8.47. The molecule has 1 aromatic carbocycles. The van der Waals surface area contributed by atoms with E-state index in [0.717, 1.165) is 36.5 Å². The van der Waals surface area contributed by atoms with Crippen LogP contribution in [0.25, 0.3) is 0 Å². The molecule has 2 saturated heterocycles. The van der Waals surface area contributed by atoms with Crippen LogP contribution in [0.5, 0.6) is 5.75 Å². The maximum absolute atomic E-state index is 12.7. The third-order valence-corrected chi connectivity index (χ3v) is 12.3. The van der Waals surface area contributed by atoms with Crippen molar-refractivity contribution >= 4 is 53.0 Å². The fourth-order valence-electron chi connectivity index (χ4n) is 4.05. The highest BCUT2D eigenvalue weighted by molar-refractivity contribution is 8.20. The topological polar surface area (TPSA) is 35.5 Å². The lowest BCUT2D eigenvalue weighted by Gasteiger charge is -2.27. The number of carbonyl (C=O) groups excluding carboxylic acids is 1. The second kappa shape index (κ2) is 13.8. The molecule has 3 nitrogen and oxygen atoms in total. The van der Waals surface area contributed by atoms with Crippen molar-refractivity contribution in [2.75, 3.05) is 35.9 Å². The van der Waals surface area contributed by atoms with Crippen LogP contribution in [0, 0.1) is 5.41 Å². The summed E-state index contributed by atoms with van der Waals surface area (Å²) in [7, 11) is 1.72. The predicted molar refractivity (Wildman–Crippen MR) is 155 cm³/mol. The molecule has 34 heavy (non-hydrogen) atoms. The van der Waals surface area contributed by atoms with Crippen LogP contribution < -0.4 is 4.74 Å². The molecule has 7 heteroatoms. The molecule has 3 rings (SSSR count). The number of rotatable bonds is 9. The van der Waals surface area contributed by atoms with Gasteiger partial charge >= 0.3 is 5.97 Å². The Morgan fingerprint density at radius 1 is 1.18 bits per heavy atom. The largest absolute Gasteiger partial charge is 0.497 e. The van der Waals surface area contributed by atoms with Crippen LogP contribution >= 0.6 is 47.0 Å². The standard InChI is InChI=1S/C27H40O3S4/c1-26(2,3)25(28)30-22(12-13-24-11-7-15-31-16-17-32-24)10-6-14-27(33-18-19-34-27)21-8-5-9-23(20-21)29-4/h5-6,8-10,20,22,24H,7,11-19H2,1-4H3. The fraction of sp³-hybridized carbons (Fsp3) is 0.667. The highest BCUT2D eigenvalue weighted by Gasteiger charge is 2.37. The predicted octanol–water partition coefficient (Wildman–Crippen LogP) is 7.64. The van der Waals surface area contributed by atoms with Gasteiger partial charge in [0.25, 0.3) is 0 Å². The molecular formula is C27H40O3S4. The number of hydrogen-bond acceptors (Lipinski definition) is 7. The summed E-state index contributed by atoms with van der Waals surface area (Å²) in [5, 5.41) is 0.675. The van der Waals surface area contributed by atoms with Gasteiger partial charge in [0, 0.05) is 28.3 Å². The highest BCUT2D eigenvalue weighted by atomic mass is 32.2. The molecule has 0 saturated carbocycles. The average Bonchev–Trinajstić information content (AvgIpc) is 3.27. The number of benzene rings is 1. The SMILES string of the molecule is COc1cccc(C2(CC=CC(CCC3CCCSCCS3)OC(=O)C(C)(C)C)SCCS2)c1. The summed E-state index contributed by atoms with van der Waals surface area (Å²) < 4.78 is 11.5. The molecule has 2 aliphatic heterocycles. The van der Waals surface area contributed by atoms with E-state index in [0.29, 0.717) is 5.25 Å². The minimum absolute atomic E-state index is 0.00329. The first kappa shape index (κ1) is 28.2. The molecule has 0 amide bonds. The molecule has 2 fully saturated rings. The van der Waals surface area contributed by atoms with Crippen molar-refractivity contribution in [3.8, 4) is 5.75 Å². The summed E-state index contributed by atoms with van der Waals surface area (Å²) in [6.07, 6.45) is 9.74. The summed E-state index contributed by atoms with van der Waals surface area (Å²) in [6.45, 7) is 5.80. The van der Waals surface area contributed by atoms with Crippen molar-refractivity contribution in [1.82, 2.24) is 0 Å². The van der Waals surface area contributed by atoms with E-state index in [1.807, 2.05) is 50.4 Å². The molecule has 0 radical (unpaired) electrons. The fourth-order valence-corrected chi connectivity index (χ4v) is 9.63. The van der Waals surface area contributed by atoms with Gasteiger partial charge in [-0.2, -0.15) is 23.5 Å². The quantitative estimate of drug-likeness (QED) is 0.235. The van der Waals surface area contributed by atoms with Crippen molar-refractivity contribution in [3.63, 3.8) is 0 Å². The van der Waals surface area contributed by atoms with E-state index < -0.39 is 5.41 Å². The number of methoxy groups -OCH3 is 1. The maximum atomic E-state index is 12.7. The summed E-state index contributed by atoms with van der Waals surface area (Å²) in [5.41, 5.74) is 0.813. The van der Waals surface area contributed by atoms with Gasteiger partial charge in [0.05, 0.1) is 16.6 Å². The smallest absolute Gasteiger partial charge is 0.311 e. The van der Waals surface area contributed by atoms with Gasteiger partial charge in [-0.1, -0.05) is 18.2 Å². The zero-order valence-electron chi connectivity index (χ0n) is 21.0. The van der Waals surface area contributed by atoms with Gasteiger partial charge in [-0.15, -0.1) is 23.5 Å². The molecule has 0 aliphatic carbocycles. The summed E-state index contributed by atoms with van der Waals surface area (Å²) >= 11 is 8.21. The third-order valence-electron chi connectivity index (χ3n) is 6.04. The van der Waals surface area contributed by atoms with Crippen molar-refractivity contribution in [2.45, 2.75) is 68.3 Å². The minimum Gasteiger partial charge on any atom is -0.497 e. The Morgan fingerprint density at radius 2 is 1.97 bits per heavy atom. The van der Waals surface area contributed by atoms with Crippen LogP contribution in [0.2, 0.25) is 0 Å². The van der Waals surface area contributed by atoms with E-state index in [2.05, 4.69) is 53.9 Å². The van der Waals surface area contributed by atoms with Crippen molar-refractivity contribution in [3.05, 3.63) is 42.0 Å². The number of hydrogen-bond donors (Lipinski definition) is 0. The Bertz CT molecular complexity index is 791. The minimum atomic E-state index is -0.489. The lowest BCUT2D eigenvalue weighted by molar-refractivity contribution is -0.156. The van der Waals surface area contributed by atoms with Crippen molar-refractivity contribution in [1.29, 1.82) is 0 Å². The normalized spacial score (nSPS) is 22.2. The molecule has 190 valence electrons. The van der Waals surface area contributed by atoms with E-state index in [-0.39, 0.29) is 16.2 Å². The Morgan fingerprint density at radius 3 is 2.71 bits per heavy atom. The first-order valence-corrected chi connectivity index (χ1v) is 16.5. The van der Waals surface area contributed by atoms with E-state index in [9.17, 15) is 4.79 Å². The Labute approximate surface area is 223 Å². The first-order valence-electron chi connectivity index (χ1n) is 12.3. The zero-order chi connectivity index (χ0) is 24.4. The molecule has 0 aromatic heterocycles. The molecule has 2 unspecified atom stereocenters.